The molecule has 2 saturated heterocycles. The molecule has 1 unspecified atom stereocenters. The van der Waals surface area contributed by atoms with E-state index >= 15 is 0 Å². The molecule has 5 rings (SSSR count). The molecular weight excluding hydrogens is 472 g/mol. The lowest BCUT2D eigenvalue weighted by molar-refractivity contribution is -0.148. The molecule has 1 N–H and O–H groups in total. The van der Waals surface area contributed by atoms with E-state index in [0.717, 1.165) is 43.7 Å². The molecule has 4 nitrogen and oxygen atoms in total. The number of hydrogen-bond donors (Lipinski definition) is 1. The first-order valence-electron chi connectivity index (χ1n) is 12.9. The Balaban J connectivity index is 1.32. The Morgan fingerprint density at radius 2 is 1.80 bits per heavy atom. The third-order valence-electron chi connectivity index (χ3n) is 7.59. The zero-order valence-corrected chi connectivity index (χ0v) is 22.3. The van der Waals surface area contributed by atoms with Crippen LogP contribution in [0.2, 0.25) is 0 Å². The fourth-order valence-corrected chi connectivity index (χ4v) is 9.11. The van der Waals surface area contributed by atoms with Crippen LogP contribution < -0.4 is 0 Å². The Labute approximate surface area is 217 Å². The summed E-state index contributed by atoms with van der Waals surface area (Å²) in [5.41, 5.74) is 3.32. The van der Waals surface area contributed by atoms with Crippen molar-refractivity contribution in [2.75, 3.05) is 31.2 Å². The molecule has 1 amide bonds. The Morgan fingerprint density at radius 1 is 1.03 bits per heavy atom. The fraction of sp³-hybridized carbons (Fsp3) is 0.483. The monoisotopic (exact) mass is 508 g/mol. The summed E-state index contributed by atoms with van der Waals surface area (Å²) in [6, 6.07) is 21.1. The number of thioether (sulfide) groups is 2. The van der Waals surface area contributed by atoms with E-state index in [1.54, 1.807) is 0 Å². The molecule has 2 fully saturated rings. The first kappa shape index (κ1) is 24.8. The molecule has 186 valence electrons. The number of carbonyl (C=O) groups is 1. The van der Waals surface area contributed by atoms with Gasteiger partial charge in [0.1, 0.15) is 4.08 Å². The summed E-state index contributed by atoms with van der Waals surface area (Å²) in [6.45, 7) is 4.90. The second kappa shape index (κ2) is 11.0. The molecule has 6 heteroatoms. The zero-order valence-electron chi connectivity index (χ0n) is 20.6. The van der Waals surface area contributed by atoms with Gasteiger partial charge in [0.15, 0.2) is 0 Å². The maximum atomic E-state index is 14.0. The van der Waals surface area contributed by atoms with Crippen LogP contribution >= 0.6 is 23.5 Å². The van der Waals surface area contributed by atoms with Crippen molar-refractivity contribution in [2.24, 2.45) is 5.41 Å². The number of H-pyrrole nitrogens is 1. The second-order valence-electron chi connectivity index (χ2n) is 9.82. The van der Waals surface area contributed by atoms with Crippen molar-refractivity contribution < 1.29 is 9.53 Å². The highest BCUT2D eigenvalue weighted by Gasteiger charge is 2.50. The van der Waals surface area contributed by atoms with Gasteiger partial charge in [-0.05, 0) is 66.7 Å². The molecule has 35 heavy (non-hydrogen) atoms. The van der Waals surface area contributed by atoms with E-state index in [0.29, 0.717) is 25.7 Å². The predicted octanol–water partition coefficient (Wildman–Crippen LogP) is 6.82. The van der Waals surface area contributed by atoms with Crippen LogP contribution in [0.25, 0.3) is 10.9 Å². The summed E-state index contributed by atoms with van der Waals surface area (Å²) in [5.74, 6) is 2.62. The maximum absolute atomic E-state index is 14.0. The third kappa shape index (κ3) is 5.30. The Bertz CT molecular complexity index is 1090. The minimum atomic E-state index is -0.313. The molecule has 2 aliphatic rings. The Hall–Kier alpha value is -1.89. The van der Waals surface area contributed by atoms with Crippen LogP contribution in [0.15, 0.2) is 60.7 Å². The number of rotatable bonds is 9. The molecule has 2 aromatic carbocycles. The lowest BCUT2D eigenvalue weighted by Gasteiger charge is -2.47. The van der Waals surface area contributed by atoms with Gasteiger partial charge in [0, 0.05) is 24.3 Å². The molecule has 3 aromatic rings. The van der Waals surface area contributed by atoms with Crippen LogP contribution in [0.1, 0.15) is 50.3 Å². The second-order valence-corrected chi connectivity index (χ2v) is 12.9. The first-order chi connectivity index (χ1) is 17.1. The van der Waals surface area contributed by atoms with E-state index in [1.165, 1.54) is 28.6 Å². The number of piperidine rings is 1. The van der Waals surface area contributed by atoms with Crippen molar-refractivity contribution >= 4 is 40.3 Å². The largest absolute Gasteiger partial charge is 0.375 e. The SMILES string of the molecule is CCC1(CC2(c3cc4ccccc4[nH]3)SCCCS2)CCCN(CCOCc2ccccc2)C1=O. The summed E-state index contributed by atoms with van der Waals surface area (Å²) < 4.78 is 5.84. The smallest absolute Gasteiger partial charge is 0.228 e. The summed E-state index contributed by atoms with van der Waals surface area (Å²) in [5, 5.41) is 1.26. The quantitative estimate of drug-likeness (QED) is 0.322. The van der Waals surface area contributed by atoms with E-state index in [9.17, 15) is 4.79 Å². The number of aromatic nitrogens is 1. The van der Waals surface area contributed by atoms with Crippen LogP contribution in [0.3, 0.4) is 0 Å². The van der Waals surface area contributed by atoms with E-state index in [4.69, 9.17) is 4.74 Å². The van der Waals surface area contributed by atoms with Crippen LogP contribution in [0, 0.1) is 5.41 Å². The van der Waals surface area contributed by atoms with E-state index < -0.39 is 0 Å². The molecule has 0 spiro atoms. The van der Waals surface area contributed by atoms with Gasteiger partial charge < -0.3 is 14.6 Å². The number of nitrogens with zero attached hydrogens (tertiary/aromatic N) is 1. The molecule has 0 saturated carbocycles. The highest BCUT2D eigenvalue weighted by Crippen LogP contribution is 2.58. The van der Waals surface area contributed by atoms with Crippen molar-refractivity contribution in [1.82, 2.24) is 9.88 Å². The van der Waals surface area contributed by atoms with Gasteiger partial charge in [-0.15, -0.1) is 23.5 Å². The number of benzene rings is 2. The average molecular weight is 509 g/mol. The average Bonchev–Trinajstić information content (AvgIpc) is 3.35. The van der Waals surface area contributed by atoms with Crippen molar-refractivity contribution in [3.8, 4) is 0 Å². The number of para-hydroxylation sites is 1. The van der Waals surface area contributed by atoms with E-state index in [1.807, 2.05) is 41.7 Å². The van der Waals surface area contributed by atoms with Crippen molar-refractivity contribution in [3.05, 3.63) is 71.9 Å². The third-order valence-corrected chi connectivity index (χ3v) is 10.9. The van der Waals surface area contributed by atoms with Gasteiger partial charge in [-0.1, -0.05) is 55.5 Å². The predicted molar refractivity (Wildman–Crippen MR) is 149 cm³/mol. The molecule has 1 atom stereocenters. The van der Waals surface area contributed by atoms with Gasteiger partial charge in [0.2, 0.25) is 5.91 Å². The molecule has 2 aliphatic heterocycles. The minimum Gasteiger partial charge on any atom is -0.375 e. The van der Waals surface area contributed by atoms with Gasteiger partial charge >= 0.3 is 0 Å². The topological polar surface area (TPSA) is 45.3 Å². The van der Waals surface area contributed by atoms with Gasteiger partial charge in [-0.2, -0.15) is 0 Å². The number of ether oxygens (including phenoxy) is 1. The number of fused-ring (bicyclic) bond motifs is 1. The summed E-state index contributed by atoms with van der Waals surface area (Å²) >= 11 is 4.09. The maximum Gasteiger partial charge on any atom is 0.228 e. The normalized spacial score (nSPS) is 22.5. The van der Waals surface area contributed by atoms with Crippen LogP contribution in [-0.4, -0.2) is 47.0 Å². The Morgan fingerprint density at radius 3 is 2.57 bits per heavy atom. The van der Waals surface area contributed by atoms with Gasteiger partial charge in [-0.3, -0.25) is 4.79 Å². The highest BCUT2D eigenvalue weighted by molar-refractivity contribution is 8.18. The molecule has 1 aromatic heterocycles. The number of nitrogens with one attached hydrogen (secondary N) is 1. The van der Waals surface area contributed by atoms with Crippen LogP contribution in [0.5, 0.6) is 0 Å². The standard InChI is InChI=1S/C29H36N2O2S2/c1-2-28(14-8-15-31(27(28)32)16-17-33-21-23-10-4-3-5-11-23)22-29(34-18-9-19-35-29)26-20-24-12-6-7-13-25(24)30-26/h3-7,10-13,20,30H,2,8-9,14-19,21-22H2,1H3. The lowest BCUT2D eigenvalue weighted by Crippen LogP contribution is -2.51. The molecular formula is C29H36N2O2S2. The minimum absolute atomic E-state index is 0.101. The highest BCUT2D eigenvalue weighted by atomic mass is 32.2. The van der Waals surface area contributed by atoms with Gasteiger partial charge in [-0.25, -0.2) is 0 Å². The summed E-state index contributed by atoms with van der Waals surface area (Å²) in [6.07, 6.45) is 5.05. The van der Waals surface area contributed by atoms with Crippen molar-refractivity contribution in [1.29, 1.82) is 0 Å². The van der Waals surface area contributed by atoms with E-state index in [-0.39, 0.29) is 9.49 Å². The van der Waals surface area contributed by atoms with Crippen LogP contribution in [-0.2, 0) is 20.2 Å². The van der Waals surface area contributed by atoms with Crippen LogP contribution in [0.4, 0.5) is 0 Å². The molecule has 0 aliphatic carbocycles. The summed E-state index contributed by atoms with van der Waals surface area (Å²) in [7, 11) is 0. The molecule has 3 heterocycles. The first-order valence-corrected chi connectivity index (χ1v) is 14.9. The zero-order chi connectivity index (χ0) is 24.1. The van der Waals surface area contributed by atoms with E-state index in [2.05, 4.69) is 59.3 Å². The number of amides is 1. The van der Waals surface area contributed by atoms with Crippen molar-refractivity contribution in [2.45, 2.75) is 49.7 Å². The Kier molecular flexibility index (Phi) is 7.80. The number of carbonyl (C=O) groups excluding carboxylic acids is 1. The molecule has 0 radical (unpaired) electrons. The van der Waals surface area contributed by atoms with Crippen molar-refractivity contribution in [3.63, 3.8) is 0 Å². The van der Waals surface area contributed by atoms with Gasteiger partial charge in [0.05, 0.1) is 18.6 Å². The number of likely N-dealkylation sites (tertiary alicyclic amines) is 1. The summed E-state index contributed by atoms with van der Waals surface area (Å²) in [4.78, 5) is 19.8. The fourth-order valence-electron chi connectivity index (χ4n) is 5.57. The molecule has 0 bridgehead atoms. The number of aromatic amines is 1. The van der Waals surface area contributed by atoms with Gasteiger partial charge in [0.25, 0.3) is 0 Å². The number of hydrogen-bond acceptors (Lipinski definition) is 4. The lowest BCUT2D eigenvalue weighted by atomic mass is 9.72.